The first-order valence-corrected chi connectivity index (χ1v) is 10.8. The molecule has 0 spiro atoms. The summed E-state index contributed by atoms with van der Waals surface area (Å²) in [5, 5.41) is 15.2. The highest BCUT2D eigenvalue weighted by Gasteiger charge is 2.28. The predicted molar refractivity (Wildman–Crippen MR) is 115 cm³/mol. The van der Waals surface area contributed by atoms with E-state index in [9.17, 15) is 14.4 Å². The summed E-state index contributed by atoms with van der Waals surface area (Å²) in [5.74, 6) is -1.82. The molecule has 0 saturated carbocycles. The number of nitrogens with zero attached hydrogens (tertiary/aromatic N) is 1. The van der Waals surface area contributed by atoms with Gasteiger partial charge in [-0.15, -0.1) is 11.3 Å². The molecule has 1 unspecified atom stereocenters. The summed E-state index contributed by atoms with van der Waals surface area (Å²) in [5.41, 5.74) is 0.674. The van der Waals surface area contributed by atoms with E-state index in [1.807, 2.05) is 17.5 Å². The van der Waals surface area contributed by atoms with Gasteiger partial charge in [0, 0.05) is 25.1 Å². The maximum Gasteiger partial charge on any atom is 0.325 e. The zero-order chi connectivity index (χ0) is 21.1. The van der Waals surface area contributed by atoms with Crippen molar-refractivity contribution in [3.05, 3.63) is 39.2 Å². The molecule has 0 aliphatic carbocycles. The van der Waals surface area contributed by atoms with E-state index < -0.39 is 12.0 Å². The van der Waals surface area contributed by atoms with E-state index in [2.05, 4.69) is 5.32 Å². The number of thiophene rings is 1. The van der Waals surface area contributed by atoms with Crippen LogP contribution in [0.25, 0.3) is 16.2 Å². The lowest BCUT2D eigenvalue weighted by atomic mass is 9.95. The molecule has 1 fully saturated rings. The molecule has 2 N–H and O–H groups in total. The van der Waals surface area contributed by atoms with Gasteiger partial charge in [-0.25, -0.2) is 0 Å². The van der Waals surface area contributed by atoms with Crippen LogP contribution in [-0.2, 0) is 14.4 Å². The fourth-order valence-corrected chi connectivity index (χ4v) is 4.65. The van der Waals surface area contributed by atoms with Crippen LogP contribution in [0.2, 0.25) is 10.0 Å². The summed E-state index contributed by atoms with van der Waals surface area (Å²) in [6, 6.07) is 2.91. The number of halogens is 2. The van der Waals surface area contributed by atoms with Crippen LogP contribution in [0.5, 0.6) is 0 Å². The topological polar surface area (TPSA) is 86.7 Å². The fourth-order valence-electron chi connectivity index (χ4n) is 3.21. The number of hydrogen-bond donors (Lipinski definition) is 2. The van der Waals surface area contributed by atoms with Crippen molar-refractivity contribution in [3.63, 3.8) is 0 Å². The lowest BCUT2D eigenvalue weighted by molar-refractivity contribution is -0.142. The molecule has 29 heavy (non-hydrogen) atoms. The molecule has 9 heteroatoms. The first-order valence-electron chi connectivity index (χ1n) is 9.13. The number of nitrogens with one attached hydrogen (secondary N) is 1. The maximum absolute atomic E-state index is 12.5. The second kappa shape index (κ2) is 9.15. The molecule has 1 saturated heterocycles. The van der Waals surface area contributed by atoms with Gasteiger partial charge in [-0.2, -0.15) is 0 Å². The van der Waals surface area contributed by atoms with Crippen LogP contribution >= 0.6 is 34.5 Å². The van der Waals surface area contributed by atoms with Gasteiger partial charge in [0.25, 0.3) is 0 Å². The minimum absolute atomic E-state index is 0.166. The van der Waals surface area contributed by atoms with Crippen molar-refractivity contribution in [1.82, 2.24) is 10.2 Å². The lowest BCUT2D eigenvalue weighted by Gasteiger charge is -2.31. The number of carboxylic acids is 1. The van der Waals surface area contributed by atoms with Gasteiger partial charge < -0.3 is 15.3 Å². The minimum Gasteiger partial charge on any atom is -0.480 e. The van der Waals surface area contributed by atoms with Gasteiger partial charge in [-0.05, 0) is 54.3 Å². The Morgan fingerprint density at radius 3 is 2.62 bits per heavy atom. The fraction of sp³-hybridized carbons (Fsp3) is 0.350. The number of carboxylic acid groups (broad SMARTS) is 1. The molecule has 0 bridgehead atoms. The third kappa shape index (κ3) is 4.91. The third-order valence-corrected chi connectivity index (χ3v) is 6.91. The molecular weight excluding hydrogens is 435 g/mol. The van der Waals surface area contributed by atoms with Gasteiger partial charge in [-0.3, -0.25) is 14.4 Å². The van der Waals surface area contributed by atoms with E-state index in [0.29, 0.717) is 41.5 Å². The van der Waals surface area contributed by atoms with Crippen molar-refractivity contribution in [3.8, 4) is 0 Å². The Labute approximate surface area is 182 Å². The molecule has 0 radical (unpaired) electrons. The van der Waals surface area contributed by atoms with Gasteiger partial charge in [0.2, 0.25) is 11.8 Å². The summed E-state index contributed by atoms with van der Waals surface area (Å²) in [7, 11) is 0. The quantitative estimate of drug-likeness (QED) is 0.667. The van der Waals surface area contributed by atoms with Crippen LogP contribution in [0.15, 0.2) is 23.6 Å². The van der Waals surface area contributed by atoms with Gasteiger partial charge in [0.15, 0.2) is 0 Å². The van der Waals surface area contributed by atoms with Gasteiger partial charge in [0.1, 0.15) is 6.04 Å². The zero-order valence-corrected chi connectivity index (χ0v) is 18.0. The number of likely N-dealkylation sites (tertiary alicyclic amines) is 1. The minimum atomic E-state index is -1.07. The SMILES string of the molecule is CC(NC(=O)C1CCN(C(=O)C=Cc2cc3ccsc3c(Cl)c2Cl)CC1)C(=O)O. The Bertz CT molecular complexity index is 980. The Morgan fingerprint density at radius 1 is 1.28 bits per heavy atom. The van der Waals surface area contributed by atoms with Gasteiger partial charge >= 0.3 is 5.97 Å². The molecular formula is C20H20Cl2N2O4S. The van der Waals surface area contributed by atoms with Crippen LogP contribution < -0.4 is 5.32 Å². The summed E-state index contributed by atoms with van der Waals surface area (Å²) in [6.45, 7) is 2.29. The summed E-state index contributed by atoms with van der Waals surface area (Å²) < 4.78 is 0.915. The van der Waals surface area contributed by atoms with Crippen LogP contribution in [0, 0.1) is 5.92 Å². The molecule has 1 aromatic carbocycles. The molecule has 1 aliphatic rings. The number of benzene rings is 1. The average Bonchev–Trinajstić information content (AvgIpc) is 3.18. The van der Waals surface area contributed by atoms with E-state index in [-0.39, 0.29) is 17.7 Å². The van der Waals surface area contributed by atoms with E-state index in [1.165, 1.54) is 24.3 Å². The standard InChI is InChI=1S/C20H20Cl2N2O4S/c1-11(20(27)28)23-19(26)12-4-7-24(8-5-12)15(25)3-2-13-10-14-6-9-29-18(14)17(22)16(13)21/h2-3,6,9-12H,4-5,7-8H2,1H3,(H,23,26)(H,27,28). The molecule has 154 valence electrons. The Balaban J connectivity index is 1.59. The molecule has 6 nitrogen and oxygen atoms in total. The summed E-state index contributed by atoms with van der Waals surface area (Å²) in [6.07, 6.45) is 4.10. The molecule has 2 aromatic rings. The van der Waals surface area contributed by atoms with Crippen molar-refractivity contribution in [2.45, 2.75) is 25.8 Å². The molecule has 2 amide bonds. The van der Waals surface area contributed by atoms with Gasteiger partial charge in [0.05, 0.1) is 14.7 Å². The molecule has 3 rings (SSSR count). The lowest BCUT2D eigenvalue weighted by Crippen LogP contribution is -2.46. The normalized spacial score (nSPS) is 16.3. The highest BCUT2D eigenvalue weighted by atomic mass is 35.5. The Kier molecular flexibility index (Phi) is 6.82. The molecule has 1 aromatic heterocycles. The maximum atomic E-state index is 12.5. The van der Waals surface area contributed by atoms with Crippen molar-refractivity contribution in [2.75, 3.05) is 13.1 Å². The monoisotopic (exact) mass is 454 g/mol. The Morgan fingerprint density at radius 2 is 1.97 bits per heavy atom. The zero-order valence-electron chi connectivity index (χ0n) is 15.7. The van der Waals surface area contributed by atoms with Crippen molar-refractivity contribution >= 4 is 68.5 Å². The number of piperidine rings is 1. The number of amides is 2. The van der Waals surface area contributed by atoms with E-state index in [0.717, 1.165) is 10.1 Å². The van der Waals surface area contributed by atoms with Crippen molar-refractivity contribution < 1.29 is 19.5 Å². The highest BCUT2D eigenvalue weighted by molar-refractivity contribution is 7.18. The number of carbonyl (C=O) groups is 3. The number of hydrogen-bond acceptors (Lipinski definition) is 4. The second-order valence-electron chi connectivity index (χ2n) is 6.93. The molecule has 1 atom stereocenters. The van der Waals surface area contributed by atoms with Crippen LogP contribution in [0.3, 0.4) is 0 Å². The molecule has 1 aliphatic heterocycles. The number of aliphatic carboxylic acids is 1. The van der Waals surface area contributed by atoms with Crippen molar-refractivity contribution in [2.24, 2.45) is 5.92 Å². The van der Waals surface area contributed by atoms with Crippen molar-refractivity contribution in [1.29, 1.82) is 0 Å². The van der Waals surface area contributed by atoms with E-state index >= 15 is 0 Å². The predicted octanol–water partition coefficient (Wildman–Crippen LogP) is 4.05. The molecule has 2 heterocycles. The first-order chi connectivity index (χ1) is 13.8. The third-order valence-electron chi connectivity index (χ3n) is 4.96. The second-order valence-corrected chi connectivity index (χ2v) is 8.61. The average molecular weight is 455 g/mol. The van der Waals surface area contributed by atoms with E-state index in [1.54, 1.807) is 11.0 Å². The van der Waals surface area contributed by atoms with Crippen LogP contribution in [0.1, 0.15) is 25.3 Å². The summed E-state index contributed by atoms with van der Waals surface area (Å²) >= 11 is 14.2. The van der Waals surface area contributed by atoms with Crippen LogP contribution in [-0.4, -0.2) is 46.9 Å². The van der Waals surface area contributed by atoms with Gasteiger partial charge in [-0.1, -0.05) is 23.2 Å². The smallest absolute Gasteiger partial charge is 0.325 e. The number of carbonyl (C=O) groups excluding carboxylic acids is 2. The summed E-state index contributed by atoms with van der Waals surface area (Å²) in [4.78, 5) is 37.2. The Hall–Kier alpha value is -2.09. The number of rotatable bonds is 5. The first kappa shape index (κ1) is 21.6. The van der Waals surface area contributed by atoms with Crippen LogP contribution in [0.4, 0.5) is 0 Å². The highest BCUT2D eigenvalue weighted by Crippen LogP contribution is 2.37. The van der Waals surface area contributed by atoms with E-state index in [4.69, 9.17) is 28.3 Å². The number of fused-ring (bicyclic) bond motifs is 1. The largest absolute Gasteiger partial charge is 0.480 e.